The second kappa shape index (κ2) is 6.13. The molecule has 0 aliphatic heterocycles. The molecule has 126 valence electrons. The van der Waals surface area contributed by atoms with Crippen LogP contribution in [0.5, 0.6) is 5.75 Å². The molecule has 0 fully saturated rings. The van der Waals surface area contributed by atoms with Crippen LogP contribution in [0.3, 0.4) is 0 Å². The van der Waals surface area contributed by atoms with Crippen LogP contribution < -0.4 is 0 Å². The molecule has 4 rings (SSSR count). The van der Waals surface area contributed by atoms with E-state index in [0.29, 0.717) is 5.92 Å². The van der Waals surface area contributed by atoms with E-state index in [1.54, 1.807) is 18.2 Å². The topological polar surface area (TPSA) is 73.3 Å². The third kappa shape index (κ3) is 3.03. The van der Waals surface area contributed by atoms with Crippen LogP contribution in [-0.4, -0.2) is 21.2 Å². The van der Waals surface area contributed by atoms with Gasteiger partial charge in [-0.15, -0.1) is 0 Å². The Morgan fingerprint density at radius 1 is 1.08 bits per heavy atom. The second-order valence-corrected chi connectivity index (χ2v) is 6.61. The highest BCUT2D eigenvalue weighted by atomic mass is 16.4. The zero-order valence-corrected chi connectivity index (χ0v) is 13.7. The van der Waals surface area contributed by atoms with Crippen LogP contribution >= 0.6 is 0 Å². The van der Waals surface area contributed by atoms with Crippen LogP contribution in [-0.2, 0) is 12.8 Å². The lowest BCUT2D eigenvalue weighted by atomic mass is 9.93. The minimum atomic E-state index is -0.900. The summed E-state index contributed by atoms with van der Waals surface area (Å²) < 4.78 is 0. The lowest BCUT2D eigenvalue weighted by Crippen LogP contribution is -2.00. The Hall–Kier alpha value is -3.01. The van der Waals surface area contributed by atoms with Crippen molar-refractivity contribution in [1.82, 2.24) is 4.98 Å². The minimum Gasteiger partial charge on any atom is -0.508 e. The maximum Gasteiger partial charge on any atom is 0.352 e. The standard InChI is InChI=1S/C21H19NO3/c23-17-7-4-14(5-8-17)15-3-1-2-13(10-15)11-16-6-9-19-18(16)12-20(22-19)21(24)25/h1-5,7-8,10,12,16,22-23H,6,9,11H2,(H,24,25). The quantitative estimate of drug-likeness (QED) is 0.664. The summed E-state index contributed by atoms with van der Waals surface area (Å²) >= 11 is 0. The third-order valence-corrected chi connectivity index (χ3v) is 4.96. The largest absolute Gasteiger partial charge is 0.508 e. The first kappa shape index (κ1) is 15.5. The van der Waals surface area contributed by atoms with Gasteiger partial charge in [0, 0.05) is 5.69 Å². The fourth-order valence-electron chi connectivity index (χ4n) is 3.70. The Morgan fingerprint density at radius 2 is 1.88 bits per heavy atom. The zero-order valence-electron chi connectivity index (χ0n) is 13.7. The van der Waals surface area contributed by atoms with Gasteiger partial charge in [-0.1, -0.05) is 36.4 Å². The lowest BCUT2D eigenvalue weighted by molar-refractivity contribution is 0.0691. The van der Waals surface area contributed by atoms with E-state index in [1.165, 1.54) is 5.56 Å². The highest BCUT2D eigenvalue weighted by Crippen LogP contribution is 2.36. The number of rotatable bonds is 4. The predicted molar refractivity (Wildman–Crippen MR) is 96.1 cm³/mol. The number of carboxylic acids is 1. The number of phenolic OH excluding ortho intramolecular Hbond substituents is 1. The van der Waals surface area contributed by atoms with Crippen LogP contribution in [0.25, 0.3) is 11.1 Å². The third-order valence-electron chi connectivity index (χ3n) is 4.96. The minimum absolute atomic E-state index is 0.264. The maximum absolute atomic E-state index is 11.1. The number of phenols is 1. The first-order chi connectivity index (χ1) is 12.1. The number of hydrogen-bond acceptors (Lipinski definition) is 2. The summed E-state index contributed by atoms with van der Waals surface area (Å²) in [6, 6.07) is 17.4. The molecule has 2 aromatic carbocycles. The average Bonchev–Trinajstić information content (AvgIpc) is 3.18. The van der Waals surface area contributed by atoms with Crippen molar-refractivity contribution < 1.29 is 15.0 Å². The molecule has 3 N–H and O–H groups in total. The van der Waals surface area contributed by atoms with Crippen molar-refractivity contribution in [2.45, 2.75) is 25.2 Å². The Bertz CT molecular complexity index is 925. The molecule has 1 heterocycles. The van der Waals surface area contributed by atoms with Gasteiger partial charge in [-0.05, 0) is 65.6 Å². The molecule has 0 amide bonds. The molecular weight excluding hydrogens is 314 g/mol. The Morgan fingerprint density at radius 3 is 2.64 bits per heavy atom. The molecule has 0 spiro atoms. The fraction of sp³-hybridized carbons (Fsp3) is 0.190. The van der Waals surface area contributed by atoms with E-state index < -0.39 is 5.97 Å². The summed E-state index contributed by atoms with van der Waals surface area (Å²) in [5.41, 5.74) is 5.93. The first-order valence-electron chi connectivity index (χ1n) is 8.43. The van der Waals surface area contributed by atoms with E-state index in [1.807, 2.05) is 18.2 Å². The van der Waals surface area contributed by atoms with E-state index in [4.69, 9.17) is 5.11 Å². The van der Waals surface area contributed by atoms with Crippen LogP contribution in [0.15, 0.2) is 54.6 Å². The fourth-order valence-corrected chi connectivity index (χ4v) is 3.70. The van der Waals surface area contributed by atoms with E-state index in [-0.39, 0.29) is 11.4 Å². The number of aryl methyl sites for hydroxylation is 1. The number of aromatic amines is 1. The molecule has 0 saturated heterocycles. The summed E-state index contributed by atoms with van der Waals surface area (Å²) in [7, 11) is 0. The van der Waals surface area contributed by atoms with Crippen molar-refractivity contribution in [2.24, 2.45) is 0 Å². The van der Waals surface area contributed by atoms with Crippen molar-refractivity contribution in [3.05, 3.63) is 77.1 Å². The average molecular weight is 333 g/mol. The number of aromatic nitrogens is 1. The number of aromatic hydroxyl groups is 1. The maximum atomic E-state index is 11.1. The zero-order chi connectivity index (χ0) is 17.4. The van der Waals surface area contributed by atoms with Gasteiger partial charge in [0.05, 0.1) is 0 Å². The van der Waals surface area contributed by atoms with Gasteiger partial charge in [0.15, 0.2) is 0 Å². The first-order valence-corrected chi connectivity index (χ1v) is 8.43. The molecule has 25 heavy (non-hydrogen) atoms. The number of benzene rings is 2. The van der Waals surface area contributed by atoms with Crippen LogP contribution in [0.4, 0.5) is 0 Å². The van der Waals surface area contributed by atoms with E-state index >= 15 is 0 Å². The highest BCUT2D eigenvalue weighted by Gasteiger charge is 2.26. The van der Waals surface area contributed by atoms with Crippen molar-refractivity contribution in [3.63, 3.8) is 0 Å². The number of H-pyrrole nitrogens is 1. The van der Waals surface area contributed by atoms with Crippen molar-refractivity contribution in [2.75, 3.05) is 0 Å². The van der Waals surface area contributed by atoms with E-state index in [2.05, 4.69) is 23.2 Å². The number of aromatic carboxylic acids is 1. The van der Waals surface area contributed by atoms with Gasteiger partial charge in [0.25, 0.3) is 0 Å². The van der Waals surface area contributed by atoms with Gasteiger partial charge >= 0.3 is 5.97 Å². The summed E-state index contributed by atoms with van der Waals surface area (Å²) in [6.45, 7) is 0. The number of hydrogen-bond donors (Lipinski definition) is 3. The normalized spacial score (nSPS) is 15.9. The van der Waals surface area contributed by atoms with Gasteiger partial charge in [0.2, 0.25) is 0 Å². The molecule has 1 aliphatic carbocycles. The molecular formula is C21H19NO3. The smallest absolute Gasteiger partial charge is 0.352 e. The second-order valence-electron chi connectivity index (χ2n) is 6.61. The van der Waals surface area contributed by atoms with Gasteiger partial charge in [-0.3, -0.25) is 0 Å². The number of fused-ring (bicyclic) bond motifs is 1. The van der Waals surface area contributed by atoms with Crippen LogP contribution in [0.2, 0.25) is 0 Å². The summed E-state index contributed by atoms with van der Waals surface area (Å²) in [5.74, 6) is -0.281. The van der Waals surface area contributed by atoms with Crippen molar-refractivity contribution in [1.29, 1.82) is 0 Å². The van der Waals surface area contributed by atoms with Crippen LogP contribution in [0, 0.1) is 0 Å². The molecule has 4 nitrogen and oxygen atoms in total. The van der Waals surface area contributed by atoms with E-state index in [0.717, 1.165) is 41.6 Å². The predicted octanol–water partition coefficient (Wildman–Crippen LogP) is 4.36. The molecule has 3 aromatic rings. The summed E-state index contributed by atoms with van der Waals surface area (Å²) in [4.78, 5) is 14.2. The highest BCUT2D eigenvalue weighted by molar-refractivity contribution is 5.86. The Kier molecular flexibility index (Phi) is 3.80. The Balaban J connectivity index is 1.57. The molecule has 1 atom stereocenters. The Labute approximate surface area is 145 Å². The molecule has 1 unspecified atom stereocenters. The lowest BCUT2D eigenvalue weighted by Gasteiger charge is -2.12. The molecule has 1 aromatic heterocycles. The van der Waals surface area contributed by atoms with Crippen molar-refractivity contribution in [3.8, 4) is 16.9 Å². The van der Waals surface area contributed by atoms with Gasteiger partial charge in [0.1, 0.15) is 11.4 Å². The monoisotopic (exact) mass is 333 g/mol. The van der Waals surface area contributed by atoms with Crippen molar-refractivity contribution >= 4 is 5.97 Å². The number of nitrogens with one attached hydrogen (secondary N) is 1. The molecule has 0 bridgehead atoms. The van der Waals surface area contributed by atoms with Gasteiger partial charge in [-0.2, -0.15) is 0 Å². The van der Waals surface area contributed by atoms with Gasteiger partial charge in [-0.25, -0.2) is 4.79 Å². The SMILES string of the molecule is O=C(O)c1cc2c([nH]1)CCC2Cc1cccc(-c2ccc(O)cc2)c1. The number of carboxylic acid groups (broad SMARTS) is 1. The van der Waals surface area contributed by atoms with Gasteiger partial charge < -0.3 is 15.2 Å². The van der Waals surface area contributed by atoms with E-state index in [9.17, 15) is 9.90 Å². The summed E-state index contributed by atoms with van der Waals surface area (Å²) in [5, 5.41) is 18.6. The molecule has 1 aliphatic rings. The molecule has 0 saturated carbocycles. The van der Waals surface area contributed by atoms with Crippen LogP contribution in [0.1, 0.15) is 39.6 Å². The molecule has 4 heteroatoms. The number of carbonyl (C=O) groups is 1. The molecule has 0 radical (unpaired) electrons. The summed E-state index contributed by atoms with van der Waals surface area (Å²) in [6.07, 6.45) is 2.85.